The van der Waals surface area contributed by atoms with Gasteiger partial charge in [-0.15, -0.1) is 0 Å². The van der Waals surface area contributed by atoms with Gasteiger partial charge in [0.2, 0.25) is 5.91 Å². The molecule has 0 spiro atoms. The van der Waals surface area contributed by atoms with Gasteiger partial charge >= 0.3 is 0 Å². The van der Waals surface area contributed by atoms with Gasteiger partial charge in [0.25, 0.3) is 0 Å². The van der Waals surface area contributed by atoms with E-state index in [0.717, 1.165) is 17.8 Å². The third-order valence-electron chi connectivity index (χ3n) is 3.63. The summed E-state index contributed by atoms with van der Waals surface area (Å²) >= 11 is 0. The summed E-state index contributed by atoms with van der Waals surface area (Å²) < 4.78 is 0. The van der Waals surface area contributed by atoms with Gasteiger partial charge in [-0.1, -0.05) is 18.7 Å². The van der Waals surface area contributed by atoms with Crippen LogP contribution in [0.4, 0.5) is 5.69 Å². The van der Waals surface area contributed by atoms with E-state index < -0.39 is 0 Å². The molecule has 0 radical (unpaired) electrons. The van der Waals surface area contributed by atoms with Gasteiger partial charge in [0.05, 0.1) is 0 Å². The average molecular weight is 279 g/mol. The van der Waals surface area contributed by atoms with Crippen LogP contribution in [-0.2, 0) is 24.4 Å². The molecule has 3 rings (SSSR count). The molecule has 0 atom stereocenters. The molecule has 0 aliphatic carbocycles. The van der Waals surface area contributed by atoms with Crippen LogP contribution in [0.25, 0.3) is 0 Å². The topological polar surface area (TPSA) is 45.2 Å². The van der Waals surface area contributed by atoms with E-state index in [0.29, 0.717) is 13.1 Å². The number of carbonyl (C=O) groups excluding carboxylic acids is 1. The molecule has 1 aromatic carbocycles. The first-order valence-corrected chi connectivity index (χ1v) is 6.92. The minimum absolute atomic E-state index is 0.0175. The third-order valence-corrected chi connectivity index (χ3v) is 3.63. The second-order valence-corrected chi connectivity index (χ2v) is 5.10. The largest absolute Gasteiger partial charge is 0.381 e. The average Bonchev–Trinajstić information content (AvgIpc) is 2.96. The number of nitrogens with one attached hydrogen (secondary N) is 1. The molecule has 1 N–H and O–H groups in total. The Morgan fingerprint density at radius 3 is 2.95 bits per heavy atom. The predicted molar refractivity (Wildman–Crippen MR) is 82.5 cm³/mol. The van der Waals surface area contributed by atoms with Crippen LogP contribution >= 0.6 is 0 Å². The molecule has 1 aliphatic rings. The fourth-order valence-electron chi connectivity index (χ4n) is 2.50. The smallest absolute Gasteiger partial charge is 0.246 e. The molecule has 2 aromatic rings. The molecule has 0 fully saturated rings. The number of amides is 1. The molecule has 21 heavy (non-hydrogen) atoms. The molecule has 0 unspecified atom stereocenters. The Balaban J connectivity index is 1.68. The lowest BCUT2D eigenvalue weighted by atomic mass is 10.1. The molecular formula is C17H17N3O. The number of fused-ring (bicyclic) bond motifs is 1. The van der Waals surface area contributed by atoms with E-state index in [1.54, 1.807) is 11.1 Å². The summed E-state index contributed by atoms with van der Waals surface area (Å²) in [6.07, 6.45) is 4.99. The number of hydrogen-bond donors (Lipinski definition) is 1. The zero-order chi connectivity index (χ0) is 14.7. The Morgan fingerprint density at radius 2 is 2.19 bits per heavy atom. The molecule has 4 nitrogen and oxygen atoms in total. The molecule has 1 aliphatic heterocycles. The standard InChI is InChI=1S/C17H17N3O/c1-2-17(21)20-11-14-5-6-16(8-15(14)12-20)19-10-13-4-3-7-18-9-13/h2-9,19H,1,10-12H2. The van der Waals surface area contributed by atoms with Crippen LogP contribution in [-0.4, -0.2) is 15.8 Å². The zero-order valence-corrected chi connectivity index (χ0v) is 11.7. The third kappa shape index (κ3) is 2.94. The summed E-state index contributed by atoms with van der Waals surface area (Å²) in [5.41, 5.74) is 4.60. The Kier molecular flexibility index (Phi) is 3.69. The second-order valence-electron chi connectivity index (χ2n) is 5.10. The van der Waals surface area contributed by atoms with Crippen LogP contribution in [0.5, 0.6) is 0 Å². The van der Waals surface area contributed by atoms with Crippen molar-refractivity contribution in [1.29, 1.82) is 0 Å². The van der Waals surface area contributed by atoms with Crippen molar-refractivity contribution in [3.8, 4) is 0 Å². The minimum Gasteiger partial charge on any atom is -0.381 e. The van der Waals surface area contributed by atoms with Gasteiger partial charge in [-0.2, -0.15) is 0 Å². The number of hydrogen-bond acceptors (Lipinski definition) is 3. The van der Waals surface area contributed by atoms with Crippen molar-refractivity contribution in [3.63, 3.8) is 0 Å². The van der Waals surface area contributed by atoms with Gasteiger partial charge < -0.3 is 10.2 Å². The number of anilines is 1. The molecule has 106 valence electrons. The van der Waals surface area contributed by atoms with Gasteiger partial charge in [-0.25, -0.2) is 0 Å². The summed E-state index contributed by atoms with van der Waals surface area (Å²) in [5, 5.41) is 3.39. The van der Waals surface area contributed by atoms with Crippen LogP contribution in [0, 0.1) is 0 Å². The van der Waals surface area contributed by atoms with Crippen LogP contribution in [0.2, 0.25) is 0 Å². The van der Waals surface area contributed by atoms with Crippen molar-refractivity contribution < 1.29 is 4.79 Å². The SMILES string of the molecule is C=CC(=O)N1Cc2ccc(NCc3cccnc3)cc2C1. The molecular weight excluding hydrogens is 262 g/mol. The molecule has 0 bridgehead atoms. The highest BCUT2D eigenvalue weighted by atomic mass is 16.2. The maximum atomic E-state index is 11.7. The summed E-state index contributed by atoms with van der Waals surface area (Å²) in [5.74, 6) is -0.0175. The van der Waals surface area contributed by atoms with Crippen molar-refractivity contribution in [2.24, 2.45) is 0 Å². The number of rotatable bonds is 4. The quantitative estimate of drug-likeness (QED) is 0.875. The van der Waals surface area contributed by atoms with E-state index in [2.05, 4.69) is 35.1 Å². The molecule has 0 saturated heterocycles. The lowest BCUT2D eigenvalue weighted by molar-refractivity contribution is -0.126. The van der Waals surface area contributed by atoms with Gasteiger partial charge in [0.1, 0.15) is 0 Å². The highest BCUT2D eigenvalue weighted by Crippen LogP contribution is 2.26. The summed E-state index contributed by atoms with van der Waals surface area (Å²) in [6, 6.07) is 10.2. The number of benzene rings is 1. The second kappa shape index (κ2) is 5.79. The fraction of sp³-hybridized carbons (Fsp3) is 0.176. The van der Waals surface area contributed by atoms with Gasteiger partial charge in [0, 0.05) is 37.7 Å². The molecule has 0 saturated carbocycles. The number of nitrogens with zero attached hydrogens (tertiary/aromatic N) is 2. The van der Waals surface area contributed by atoms with Gasteiger partial charge in [0.15, 0.2) is 0 Å². The van der Waals surface area contributed by atoms with E-state index in [4.69, 9.17) is 0 Å². The maximum absolute atomic E-state index is 11.7. The van der Waals surface area contributed by atoms with Crippen molar-refractivity contribution in [1.82, 2.24) is 9.88 Å². The highest BCUT2D eigenvalue weighted by Gasteiger charge is 2.21. The Morgan fingerprint density at radius 1 is 1.33 bits per heavy atom. The van der Waals surface area contributed by atoms with Crippen LogP contribution in [0.1, 0.15) is 16.7 Å². The molecule has 1 amide bonds. The Bertz CT molecular complexity index is 667. The van der Waals surface area contributed by atoms with Crippen molar-refractivity contribution in [2.45, 2.75) is 19.6 Å². The first-order valence-electron chi connectivity index (χ1n) is 6.92. The monoisotopic (exact) mass is 279 g/mol. The fourth-order valence-corrected chi connectivity index (χ4v) is 2.50. The van der Waals surface area contributed by atoms with E-state index in [-0.39, 0.29) is 5.91 Å². The zero-order valence-electron chi connectivity index (χ0n) is 11.7. The summed E-state index contributed by atoms with van der Waals surface area (Å²) in [7, 11) is 0. The van der Waals surface area contributed by atoms with Crippen LogP contribution in [0.3, 0.4) is 0 Å². The first-order chi connectivity index (χ1) is 10.3. The maximum Gasteiger partial charge on any atom is 0.246 e. The number of pyridine rings is 1. The molecule has 4 heteroatoms. The van der Waals surface area contributed by atoms with Crippen LogP contribution < -0.4 is 5.32 Å². The summed E-state index contributed by atoms with van der Waals surface area (Å²) in [6.45, 7) is 5.60. The van der Waals surface area contributed by atoms with Gasteiger partial charge in [-0.05, 0) is 41.0 Å². The Labute approximate surface area is 124 Å². The minimum atomic E-state index is -0.0175. The van der Waals surface area contributed by atoms with Crippen molar-refractivity contribution in [3.05, 3.63) is 72.1 Å². The number of carbonyl (C=O) groups is 1. The lowest BCUT2D eigenvalue weighted by Gasteiger charge is -2.11. The first kappa shape index (κ1) is 13.4. The predicted octanol–water partition coefficient (Wildman–Crippen LogP) is 2.72. The van der Waals surface area contributed by atoms with E-state index in [1.165, 1.54) is 17.2 Å². The Hall–Kier alpha value is -2.62. The summed E-state index contributed by atoms with van der Waals surface area (Å²) in [4.78, 5) is 17.6. The normalized spacial score (nSPS) is 12.9. The van der Waals surface area contributed by atoms with E-state index >= 15 is 0 Å². The van der Waals surface area contributed by atoms with Gasteiger partial charge in [-0.3, -0.25) is 9.78 Å². The lowest BCUT2D eigenvalue weighted by Crippen LogP contribution is -2.22. The highest BCUT2D eigenvalue weighted by molar-refractivity contribution is 5.87. The van der Waals surface area contributed by atoms with E-state index in [9.17, 15) is 4.79 Å². The van der Waals surface area contributed by atoms with Crippen molar-refractivity contribution >= 4 is 11.6 Å². The molecule has 2 heterocycles. The van der Waals surface area contributed by atoms with Crippen LogP contribution in [0.15, 0.2) is 55.4 Å². The number of aromatic nitrogens is 1. The molecule has 1 aromatic heterocycles. The van der Waals surface area contributed by atoms with E-state index in [1.807, 2.05) is 18.3 Å². The van der Waals surface area contributed by atoms with Crippen molar-refractivity contribution in [2.75, 3.05) is 5.32 Å².